The Morgan fingerprint density at radius 2 is 1.93 bits per heavy atom. The molecule has 4 aromatic rings. The van der Waals surface area contributed by atoms with Crippen molar-refractivity contribution < 1.29 is 4.79 Å². The average molecular weight is 394 g/mol. The minimum absolute atomic E-state index is 0.140. The molecule has 8 heteroatoms. The maximum atomic E-state index is 12.5. The van der Waals surface area contributed by atoms with Gasteiger partial charge in [-0.25, -0.2) is 4.68 Å². The number of anilines is 1. The normalized spacial score (nSPS) is 10.9. The smallest absolute Gasteiger partial charge is 0.226 e. The summed E-state index contributed by atoms with van der Waals surface area (Å²) in [7, 11) is 0. The molecule has 0 saturated heterocycles. The fourth-order valence-electron chi connectivity index (χ4n) is 3.01. The van der Waals surface area contributed by atoms with Gasteiger partial charge in [0, 0.05) is 24.2 Å². The summed E-state index contributed by atoms with van der Waals surface area (Å²) in [5, 5.41) is 12.3. The first-order chi connectivity index (χ1) is 13.6. The fraction of sp³-hybridized carbons (Fsp3) is 0.100. The third kappa shape index (κ3) is 3.52. The lowest BCUT2D eigenvalue weighted by atomic mass is 10.2. The molecule has 0 bridgehead atoms. The van der Waals surface area contributed by atoms with Crippen LogP contribution in [-0.4, -0.2) is 25.5 Å². The number of hydrogen-bond donors (Lipinski definition) is 1. The first kappa shape index (κ1) is 17.9. The van der Waals surface area contributed by atoms with E-state index in [1.165, 1.54) is 6.20 Å². The van der Waals surface area contributed by atoms with Gasteiger partial charge < -0.3 is 5.32 Å². The Kier molecular flexibility index (Phi) is 4.90. The second-order valence-corrected chi connectivity index (χ2v) is 6.54. The van der Waals surface area contributed by atoms with Gasteiger partial charge in [-0.3, -0.25) is 14.3 Å². The van der Waals surface area contributed by atoms with Crippen molar-refractivity contribution in [2.45, 2.75) is 13.0 Å². The number of aryl methyl sites for hydroxylation is 1. The van der Waals surface area contributed by atoms with E-state index in [1.54, 1.807) is 58.2 Å². The van der Waals surface area contributed by atoms with Crippen LogP contribution in [-0.2, 0) is 11.3 Å². The molecule has 0 aliphatic heterocycles. The van der Waals surface area contributed by atoms with Crippen molar-refractivity contribution in [1.82, 2.24) is 19.6 Å². The highest BCUT2D eigenvalue weighted by molar-refractivity contribution is 6.33. The number of halogens is 1. The first-order valence-corrected chi connectivity index (χ1v) is 9.04. The van der Waals surface area contributed by atoms with Crippen LogP contribution in [0.1, 0.15) is 6.42 Å². The lowest BCUT2D eigenvalue weighted by Crippen LogP contribution is -2.18. The maximum Gasteiger partial charge on any atom is 0.226 e. The topological polar surface area (TPSA) is 81.8 Å². The van der Waals surface area contributed by atoms with Crippen LogP contribution in [0.5, 0.6) is 0 Å². The van der Waals surface area contributed by atoms with Crippen LogP contribution in [0.2, 0.25) is 5.02 Å². The van der Waals surface area contributed by atoms with E-state index in [0.29, 0.717) is 33.8 Å². The molecule has 0 aliphatic carbocycles. The Morgan fingerprint density at radius 3 is 2.75 bits per heavy atom. The number of fused-ring (bicyclic) bond motifs is 1. The van der Waals surface area contributed by atoms with Gasteiger partial charge in [0.15, 0.2) is 0 Å². The first-order valence-electron chi connectivity index (χ1n) is 8.67. The molecule has 0 fully saturated rings. The predicted molar refractivity (Wildman–Crippen MR) is 108 cm³/mol. The van der Waals surface area contributed by atoms with Crippen molar-refractivity contribution in [2.75, 3.05) is 5.32 Å². The van der Waals surface area contributed by atoms with Gasteiger partial charge in [-0.15, -0.1) is 0 Å². The number of aromatic nitrogens is 4. The number of nitrogens with one attached hydrogen (secondary N) is 1. The zero-order chi connectivity index (χ0) is 19.5. The van der Waals surface area contributed by atoms with Crippen LogP contribution in [0, 0.1) is 0 Å². The van der Waals surface area contributed by atoms with Crippen LogP contribution in [0.25, 0.3) is 16.6 Å². The lowest BCUT2D eigenvalue weighted by molar-refractivity contribution is -0.116. The Hall–Kier alpha value is -3.45. The highest BCUT2D eigenvalue weighted by Crippen LogP contribution is 2.28. The van der Waals surface area contributed by atoms with E-state index >= 15 is 0 Å². The molecule has 0 saturated carbocycles. The van der Waals surface area contributed by atoms with E-state index in [0.717, 1.165) is 0 Å². The third-order valence-corrected chi connectivity index (χ3v) is 4.61. The zero-order valence-corrected chi connectivity index (χ0v) is 15.5. The van der Waals surface area contributed by atoms with Gasteiger partial charge in [-0.05, 0) is 30.3 Å². The van der Waals surface area contributed by atoms with Gasteiger partial charge in [0.25, 0.3) is 0 Å². The molecule has 0 atom stereocenters. The number of carbonyl (C=O) groups is 1. The predicted octanol–water partition coefficient (Wildman–Crippen LogP) is 3.26. The fourth-order valence-corrected chi connectivity index (χ4v) is 3.27. The highest BCUT2D eigenvalue weighted by atomic mass is 35.5. The summed E-state index contributed by atoms with van der Waals surface area (Å²) in [5.41, 5.74) is 1.73. The molecular formula is C20H16ClN5O2. The van der Waals surface area contributed by atoms with Gasteiger partial charge in [-0.1, -0.05) is 29.8 Å². The quantitative estimate of drug-likeness (QED) is 0.564. The van der Waals surface area contributed by atoms with Crippen LogP contribution in [0.15, 0.2) is 71.9 Å². The minimum Gasteiger partial charge on any atom is -0.324 e. The molecule has 2 heterocycles. The van der Waals surface area contributed by atoms with E-state index in [-0.39, 0.29) is 17.8 Å². The zero-order valence-electron chi connectivity index (χ0n) is 14.7. The Labute approximate surface area is 165 Å². The molecule has 1 N–H and O–H groups in total. The summed E-state index contributed by atoms with van der Waals surface area (Å²) < 4.78 is 3.26. The highest BCUT2D eigenvalue weighted by Gasteiger charge is 2.13. The van der Waals surface area contributed by atoms with Crippen molar-refractivity contribution in [3.8, 4) is 5.69 Å². The number of amides is 1. The molecule has 1 amide bonds. The van der Waals surface area contributed by atoms with Crippen molar-refractivity contribution >= 4 is 34.1 Å². The van der Waals surface area contributed by atoms with E-state index in [9.17, 15) is 9.59 Å². The second kappa shape index (κ2) is 7.66. The van der Waals surface area contributed by atoms with E-state index < -0.39 is 0 Å². The van der Waals surface area contributed by atoms with Crippen LogP contribution in [0.3, 0.4) is 0 Å². The number of nitrogens with zero attached hydrogens (tertiary/aromatic N) is 4. The summed E-state index contributed by atoms with van der Waals surface area (Å²) >= 11 is 6.30. The number of hydrogen-bond acceptors (Lipinski definition) is 4. The largest absolute Gasteiger partial charge is 0.324 e. The van der Waals surface area contributed by atoms with Crippen molar-refractivity contribution in [2.24, 2.45) is 0 Å². The van der Waals surface area contributed by atoms with E-state index in [2.05, 4.69) is 15.5 Å². The molecule has 0 unspecified atom stereocenters. The van der Waals surface area contributed by atoms with Crippen molar-refractivity contribution in [3.05, 3.63) is 82.4 Å². The average Bonchev–Trinajstić information content (AvgIpc) is 3.22. The summed E-state index contributed by atoms with van der Waals surface area (Å²) in [4.78, 5) is 24.5. The van der Waals surface area contributed by atoms with Gasteiger partial charge in [0.05, 0.1) is 29.0 Å². The second-order valence-electron chi connectivity index (χ2n) is 6.13. The number of para-hydroxylation sites is 2. The number of rotatable bonds is 5. The molecule has 4 rings (SSSR count). The molecule has 2 aromatic carbocycles. The summed E-state index contributed by atoms with van der Waals surface area (Å²) in [6.07, 6.45) is 4.85. The minimum atomic E-state index is -0.194. The standard InChI is InChI=1S/C20H16ClN5O2/c21-15-6-3-7-16(20(15)26-11-4-10-22-26)24-19(28)9-12-25-17-8-2-1-5-14(17)18(27)13-23-25/h1-8,10-11,13H,9,12H2,(H,24,28). The molecule has 7 nitrogen and oxygen atoms in total. The molecule has 0 spiro atoms. The van der Waals surface area contributed by atoms with Crippen molar-refractivity contribution in [1.29, 1.82) is 0 Å². The summed E-state index contributed by atoms with van der Waals surface area (Å²) in [5.74, 6) is -0.194. The van der Waals surface area contributed by atoms with Gasteiger partial charge in [0.2, 0.25) is 11.3 Å². The number of benzene rings is 2. The van der Waals surface area contributed by atoms with E-state index in [1.807, 2.05) is 12.1 Å². The van der Waals surface area contributed by atoms with Gasteiger partial charge in [0.1, 0.15) is 5.69 Å². The number of carbonyl (C=O) groups excluding carboxylic acids is 1. The van der Waals surface area contributed by atoms with Gasteiger partial charge >= 0.3 is 0 Å². The maximum absolute atomic E-state index is 12.5. The molecule has 2 aromatic heterocycles. The molecule has 140 valence electrons. The van der Waals surface area contributed by atoms with Crippen LogP contribution >= 0.6 is 11.6 Å². The molecule has 0 aliphatic rings. The van der Waals surface area contributed by atoms with Crippen molar-refractivity contribution in [3.63, 3.8) is 0 Å². The molecule has 0 radical (unpaired) electrons. The molecule has 28 heavy (non-hydrogen) atoms. The third-order valence-electron chi connectivity index (χ3n) is 4.31. The van der Waals surface area contributed by atoms with E-state index in [4.69, 9.17) is 11.6 Å². The Morgan fingerprint density at radius 1 is 1.07 bits per heavy atom. The van der Waals surface area contributed by atoms with Crippen LogP contribution in [0.4, 0.5) is 5.69 Å². The Balaban J connectivity index is 1.53. The Bertz CT molecular complexity index is 1200. The monoisotopic (exact) mass is 393 g/mol. The summed E-state index contributed by atoms with van der Waals surface area (Å²) in [6.45, 7) is 0.338. The SMILES string of the molecule is O=C(CCn1ncc(=O)c2ccccc21)Nc1cccc(Cl)c1-n1cccn1. The van der Waals surface area contributed by atoms with Gasteiger partial charge in [-0.2, -0.15) is 10.2 Å². The summed E-state index contributed by atoms with van der Waals surface area (Å²) in [6, 6.07) is 14.3. The van der Waals surface area contributed by atoms with Crippen LogP contribution < -0.4 is 10.7 Å². The molecular weight excluding hydrogens is 378 g/mol. The lowest BCUT2D eigenvalue weighted by Gasteiger charge is -2.13.